The van der Waals surface area contributed by atoms with E-state index in [1.54, 1.807) is 0 Å². The Balaban J connectivity index is 3.19. The lowest BCUT2D eigenvalue weighted by Crippen LogP contribution is -2.34. The molecule has 0 heterocycles. The molecule has 0 aliphatic rings. The maximum Gasteiger partial charge on any atom is 0.484 e. The van der Waals surface area contributed by atoms with Gasteiger partial charge in [-0.3, -0.25) is 15.0 Å². The molecule has 0 N–H and O–H groups in total. The van der Waals surface area contributed by atoms with Crippen LogP contribution < -0.4 is 4.90 Å². The smallest absolute Gasteiger partial charge is 0.281 e. The number of hydrogen-bond donors (Lipinski definition) is 0. The van der Waals surface area contributed by atoms with Crippen molar-refractivity contribution in [2.24, 2.45) is 0 Å². The number of benzene rings is 1. The maximum atomic E-state index is 12.3. The highest BCUT2D eigenvalue weighted by molar-refractivity contribution is 5.62. The van der Waals surface area contributed by atoms with Gasteiger partial charge in [-0.25, -0.2) is 0 Å². The number of halogens is 3. The first kappa shape index (κ1) is 11.3. The van der Waals surface area contributed by atoms with Crippen molar-refractivity contribution < 1.29 is 18.1 Å². The van der Waals surface area contributed by atoms with Crippen molar-refractivity contribution in [2.75, 3.05) is 11.9 Å². The fourth-order valence-electron chi connectivity index (χ4n) is 1.04. The summed E-state index contributed by atoms with van der Waals surface area (Å²) in [6.07, 6.45) is -4.63. The highest BCUT2D eigenvalue weighted by atomic mass is 19.4. The molecule has 0 saturated heterocycles. The summed E-state index contributed by atoms with van der Waals surface area (Å²) in [5, 5.41) is 10.5. The Hall–Kier alpha value is -1.79. The van der Waals surface area contributed by atoms with Gasteiger partial charge in [0.2, 0.25) is 0 Å². The van der Waals surface area contributed by atoms with E-state index >= 15 is 0 Å². The zero-order chi connectivity index (χ0) is 11.6. The molecule has 0 fully saturated rings. The molecule has 0 aliphatic heterocycles. The summed E-state index contributed by atoms with van der Waals surface area (Å²) in [7, 11) is 0.738. The third-order valence-electron chi connectivity index (χ3n) is 1.82. The lowest BCUT2D eigenvalue weighted by molar-refractivity contribution is -0.384. The lowest BCUT2D eigenvalue weighted by Gasteiger charge is -2.21. The third kappa shape index (κ3) is 2.36. The standard InChI is InChI=1S/C8H7F3N2O2/c1-12(8(9,10)11)6-4-2-3-5-7(6)13(14)15/h2-5H,1H3. The van der Waals surface area contributed by atoms with E-state index in [0.717, 1.165) is 19.2 Å². The summed E-state index contributed by atoms with van der Waals surface area (Å²) >= 11 is 0. The Morgan fingerprint density at radius 1 is 1.33 bits per heavy atom. The molecule has 0 bridgehead atoms. The highest BCUT2D eigenvalue weighted by Gasteiger charge is 2.37. The van der Waals surface area contributed by atoms with Crippen LogP contribution in [0.1, 0.15) is 0 Å². The zero-order valence-corrected chi connectivity index (χ0v) is 7.65. The molecule has 1 aromatic carbocycles. The van der Waals surface area contributed by atoms with Gasteiger partial charge in [-0.1, -0.05) is 12.1 Å². The minimum atomic E-state index is -4.63. The number of alkyl halides is 3. The van der Waals surface area contributed by atoms with Gasteiger partial charge in [-0.2, -0.15) is 13.2 Å². The van der Waals surface area contributed by atoms with Crippen molar-refractivity contribution in [3.63, 3.8) is 0 Å². The Labute approximate surface area is 83.1 Å². The molecule has 4 nitrogen and oxygen atoms in total. The Morgan fingerprint density at radius 3 is 2.33 bits per heavy atom. The van der Waals surface area contributed by atoms with E-state index in [4.69, 9.17) is 0 Å². The van der Waals surface area contributed by atoms with Crippen LogP contribution in [-0.4, -0.2) is 18.3 Å². The minimum Gasteiger partial charge on any atom is -0.281 e. The van der Waals surface area contributed by atoms with Gasteiger partial charge in [0.05, 0.1) is 4.92 Å². The molecule has 0 amide bonds. The SMILES string of the molecule is CN(c1ccccc1[N+](=O)[O-])C(F)(F)F. The second-order valence-corrected chi connectivity index (χ2v) is 2.77. The van der Waals surface area contributed by atoms with Gasteiger partial charge >= 0.3 is 6.30 Å². The molecular formula is C8H7F3N2O2. The molecule has 1 aromatic rings. The number of nitro groups is 1. The van der Waals surface area contributed by atoms with E-state index in [0.29, 0.717) is 0 Å². The predicted molar refractivity (Wildman–Crippen MR) is 47.6 cm³/mol. The monoisotopic (exact) mass is 220 g/mol. The van der Waals surface area contributed by atoms with Crippen molar-refractivity contribution in [3.8, 4) is 0 Å². The number of para-hydroxylation sites is 2. The topological polar surface area (TPSA) is 46.4 Å². The van der Waals surface area contributed by atoms with Crippen molar-refractivity contribution >= 4 is 11.4 Å². The molecule has 1 rings (SSSR count). The fourth-order valence-corrected chi connectivity index (χ4v) is 1.04. The van der Waals surface area contributed by atoms with Gasteiger partial charge in [0.1, 0.15) is 5.69 Å². The first-order valence-corrected chi connectivity index (χ1v) is 3.88. The van der Waals surface area contributed by atoms with Crippen LogP contribution in [0.25, 0.3) is 0 Å². The second kappa shape index (κ2) is 3.76. The third-order valence-corrected chi connectivity index (χ3v) is 1.82. The molecule has 0 saturated carbocycles. The van der Waals surface area contributed by atoms with Crippen molar-refractivity contribution in [2.45, 2.75) is 6.30 Å². The molecule has 82 valence electrons. The normalized spacial score (nSPS) is 11.2. The average molecular weight is 220 g/mol. The quantitative estimate of drug-likeness (QED) is 0.437. The summed E-state index contributed by atoms with van der Waals surface area (Å²) in [5.74, 6) is 0. The van der Waals surface area contributed by atoms with Gasteiger partial charge in [0.15, 0.2) is 0 Å². The van der Waals surface area contributed by atoms with Crippen molar-refractivity contribution in [1.29, 1.82) is 0 Å². The van der Waals surface area contributed by atoms with E-state index in [1.807, 2.05) is 0 Å². The van der Waals surface area contributed by atoms with Crippen molar-refractivity contribution in [3.05, 3.63) is 34.4 Å². The van der Waals surface area contributed by atoms with Crippen LogP contribution in [0.5, 0.6) is 0 Å². The first-order valence-electron chi connectivity index (χ1n) is 3.88. The van der Waals surface area contributed by atoms with Gasteiger partial charge in [-0.05, 0) is 6.07 Å². The summed E-state index contributed by atoms with van der Waals surface area (Å²) in [6.45, 7) is 0. The Kier molecular flexibility index (Phi) is 2.83. The summed E-state index contributed by atoms with van der Waals surface area (Å²) in [6, 6.07) is 4.69. The van der Waals surface area contributed by atoms with E-state index in [2.05, 4.69) is 0 Å². The summed E-state index contributed by atoms with van der Waals surface area (Å²) in [5.41, 5.74) is -1.05. The van der Waals surface area contributed by atoms with Crippen LogP contribution in [0.15, 0.2) is 24.3 Å². The molecule has 0 radical (unpaired) electrons. The zero-order valence-electron chi connectivity index (χ0n) is 7.65. The van der Waals surface area contributed by atoms with E-state index < -0.39 is 22.6 Å². The van der Waals surface area contributed by atoms with Gasteiger partial charge in [0, 0.05) is 13.1 Å². The van der Waals surface area contributed by atoms with Gasteiger partial charge in [-0.15, -0.1) is 0 Å². The van der Waals surface area contributed by atoms with Crippen LogP contribution in [0, 0.1) is 10.1 Å². The molecular weight excluding hydrogens is 213 g/mol. The fraction of sp³-hybridized carbons (Fsp3) is 0.250. The number of rotatable bonds is 2. The van der Waals surface area contributed by atoms with Crippen LogP contribution in [0.3, 0.4) is 0 Å². The summed E-state index contributed by atoms with van der Waals surface area (Å²) in [4.78, 5) is 9.52. The average Bonchev–Trinajstić information content (AvgIpc) is 2.15. The maximum absolute atomic E-state index is 12.3. The molecule has 7 heteroatoms. The van der Waals surface area contributed by atoms with Crippen LogP contribution in [0.2, 0.25) is 0 Å². The van der Waals surface area contributed by atoms with Crippen LogP contribution in [0.4, 0.5) is 24.5 Å². The predicted octanol–water partition coefficient (Wildman–Crippen LogP) is 2.55. The molecule has 15 heavy (non-hydrogen) atoms. The Bertz CT molecular complexity index is 378. The van der Waals surface area contributed by atoms with Gasteiger partial charge < -0.3 is 0 Å². The number of nitrogens with zero attached hydrogens (tertiary/aromatic N) is 2. The number of hydrogen-bond acceptors (Lipinski definition) is 3. The first-order chi connectivity index (χ1) is 6.84. The molecule has 0 spiro atoms. The largest absolute Gasteiger partial charge is 0.484 e. The minimum absolute atomic E-state index is 0.0921. The van der Waals surface area contributed by atoms with Crippen LogP contribution in [-0.2, 0) is 0 Å². The summed E-state index contributed by atoms with van der Waals surface area (Å²) < 4.78 is 36.8. The second-order valence-electron chi connectivity index (χ2n) is 2.77. The van der Waals surface area contributed by atoms with Gasteiger partial charge in [0.25, 0.3) is 5.69 Å². The van der Waals surface area contributed by atoms with E-state index in [1.165, 1.54) is 12.1 Å². The Morgan fingerprint density at radius 2 is 1.87 bits per heavy atom. The van der Waals surface area contributed by atoms with Crippen LogP contribution >= 0.6 is 0 Å². The van der Waals surface area contributed by atoms with E-state index in [9.17, 15) is 23.3 Å². The number of anilines is 1. The lowest BCUT2D eigenvalue weighted by atomic mass is 10.2. The molecule has 0 aromatic heterocycles. The van der Waals surface area contributed by atoms with E-state index in [-0.39, 0.29) is 4.90 Å². The molecule has 0 unspecified atom stereocenters. The molecule has 0 aliphatic carbocycles. The molecule has 0 atom stereocenters. The highest BCUT2D eigenvalue weighted by Crippen LogP contribution is 2.33. The number of nitro benzene ring substituents is 1. The van der Waals surface area contributed by atoms with Crippen molar-refractivity contribution in [1.82, 2.24) is 0 Å².